The molecule has 2 aliphatic heterocycles. The van der Waals surface area contributed by atoms with Crippen molar-refractivity contribution in [3.8, 4) is 0 Å². The second kappa shape index (κ2) is 4.20. The van der Waals surface area contributed by atoms with E-state index in [2.05, 4.69) is 0 Å². The first-order chi connectivity index (χ1) is 9.00. The fraction of sp³-hybridized carbons (Fsp3) is 0.571. The molecule has 1 fully saturated rings. The van der Waals surface area contributed by atoms with E-state index in [0.29, 0.717) is 30.0 Å². The van der Waals surface area contributed by atoms with Gasteiger partial charge in [-0.25, -0.2) is 0 Å². The molecule has 0 spiro atoms. The predicted octanol–water partition coefficient (Wildman–Crippen LogP) is 1.06. The lowest BCUT2D eigenvalue weighted by molar-refractivity contribution is -0.112. The van der Waals surface area contributed by atoms with Gasteiger partial charge in [0.2, 0.25) is 0 Å². The lowest BCUT2D eigenvalue weighted by Gasteiger charge is -2.44. The number of amides is 1. The summed E-state index contributed by atoms with van der Waals surface area (Å²) < 4.78 is 7.56. The molecule has 0 bridgehead atoms. The fourth-order valence-corrected chi connectivity index (χ4v) is 3.04. The highest BCUT2D eigenvalue weighted by atomic mass is 16.5. The molecule has 5 heteroatoms. The first-order valence-electron chi connectivity index (χ1n) is 6.65. The molecule has 102 valence electrons. The van der Waals surface area contributed by atoms with Gasteiger partial charge in [-0.2, -0.15) is 0 Å². The summed E-state index contributed by atoms with van der Waals surface area (Å²) in [7, 11) is 0. The lowest BCUT2D eigenvalue weighted by Crippen LogP contribution is -2.57. The van der Waals surface area contributed by atoms with E-state index in [1.165, 1.54) is 0 Å². The van der Waals surface area contributed by atoms with Gasteiger partial charge in [0, 0.05) is 23.4 Å². The Bertz CT molecular complexity index is 605. The molecule has 3 heterocycles. The maximum absolute atomic E-state index is 12.6. The number of aromatic nitrogens is 1. The molecule has 5 nitrogen and oxygen atoms in total. The van der Waals surface area contributed by atoms with Crippen molar-refractivity contribution in [2.75, 3.05) is 6.61 Å². The molecule has 0 N–H and O–H groups in total. The maximum atomic E-state index is 12.6. The van der Waals surface area contributed by atoms with E-state index >= 15 is 0 Å². The third kappa shape index (κ3) is 1.72. The molecule has 2 atom stereocenters. The normalized spacial score (nSPS) is 26.1. The summed E-state index contributed by atoms with van der Waals surface area (Å²) in [5, 5.41) is 0. The van der Waals surface area contributed by atoms with Crippen LogP contribution in [0.5, 0.6) is 0 Å². The van der Waals surface area contributed by atoms with Crippen LogP contribution in [0.1, 0.15) is 35.0 Å². The smallest absolute Gasteiger partial charge is 0.273 e. The zero-order valence-corrected chi connectivity index (χ0v) is 11.5. The van der Waals surface area contributed by atoms with E-state index in [-0.39, 0.29) is 23.6 Å². The number of fused-ring (bicyclic) bond motifs is 2. The quantitative estimate of drug-likeness (QED) is 0.702. The van der Waals surface area contributed by atoms with E-state index < -0.39 is 0 Å². The summed E-state index contributed by atoms with van der Waals surface area (Å²) in [6.07, 6.45) is 2.41. The summed E-state index contributed by atoms with van der Waals surface area (Å²) in [5.74, 6) is -0.0851. The second-order valence-electron chi connectivity index (χ2n) is 5.44. The molecule has 1 saturated heterocycles. The molecule has 19 heavy (non-hydrogen) atoms. The summed E-state index contributed by atoms with van der Waals surface area (Å²) in [5.41, 5.74) is 1.69. The number of pyridine rings is 1. The Labute approximate surface area is 111 Å². The van der Waals surface area contributed by atoms with Crippen LogP contribution in [0.25, 0.3) is 0 Å². The van der Waals surface area contributed by atoms with Gasteiger partial charge in [0.05, 0.1) is 13.2 Å². The number of rotatable bonds is 0. The maximum Gasteiger partial charge on any atom is 0.273 e. The summed E-state index contributed by atoms with van der Waals surface area (Å²) in [6, 6.07) is 0.163. The zero-order valence-electron chi connectivity index (χ0n) is 11.5. The van der Waals surface area contributed by atoms with Crippen LogP contribution in [0, 0.1) is 13.8 Å². The number of carbonyl (C=O) groups excluding carboxylic acids is 1. The number of ether oxygens (including phenoxy) is 1. The first kappa shape index (κ1) is 12.4. The van der Waals surface area contributed by atoms with Gasteiger partial charge in [-0.3, -0.25) is 9.59 Å². The number of nitrogens with zero attached hydrogens (tertiary/aromatic N) is 2. The number of hydrogen-bond acceptors (Lipinski definition) is 3. The molecule has 1 aromatic rings. The van der Waals surface area contributed by atoms with Crippen LogP contribution < -0.4 is 5.43 Å². The molecule has 1 amide bonds. The molecule has 0 unspecified atom stereocenters. The Kier molecular flexibility index (Phi) is 2.74. The van der Waals surface area contributed by atoms with E-state index in [1.807, 2.05) is 11.5 Å². The molecule has 0 saturated carbocycles. The van der Waals surface area contributed by atoms with Crippen molar-refractivity contribution in [2.45, 2.75) is 46.0 Å². The predicted molar refractivity (Wildman–Crippen MR) is 70.2 cm³/mol. The summed E-state index contributed by atoms with van der Waals surface area (Å²) in [4.78, 5) is 26.4. The van der Waals surface area contributed by atoms with Gasteiger partial charge < -0.3 is 14.2 Å². The average Bonchev–Trinajstić information content (AvgIpc) is 2.35. The van der Waals surface area contributed by atoms with Crippen LogP contribution in [0.15, 0.2) is 11.0 Å². The SMILES string of the molecule is Cc1cn2c(c(C)c1=O)C(=O)N1[C@H](C)CCO[C@H]1C2. The van der Waals surface area contributed by atoms with Gasteiger partial charge >= 0.3 is 0 Å². The number of aryl methyl sites for hydroxylation is 1. The van der Waals surface area contributed by atoms with Gasteiger partial charge in [-0.1, -0.05) is 0 Å². The van der Waals surface area contributed by atoms with E-state index in [4.69, 9.17) is 4.74 Å². The van der Waals surface area contributed by atoms with Crippen molar-refractivity contribution in [3.63, 3.8) is 0 Å². The summed E-state index contributed by atoms with van der Waals surface area (Å²) >= 11 is 0. The Balaban J connectivity index is 2.16. The minimum atomic E-state index is -0.204. The van der Waals surface area contributed by atoms with Crippen LogP contribution in [0.2, 0.25) is 0 Å². The van der Waals surface area contributed by atoms with E-state index in [1.54, 1.807) is 24.9 Å². The zero-order chi connectivity index (χ0) is 13.7. The molecule has 3 rings (SSSR count). The summed E-state index contributed by atoms with van der Waals surface area (Å²) in [6.45, 7) is 6.83. The third-order valence-corrected chi connectivity index (χ3v) is 4.11. The van der Waals surface area contributed by atoms with Crippen molar-refractivity contribution in [1.82, 2.24) is 9.47 Å². The van der Waals surface area contributed by atoms with Crippen molar-refractivity contribution < 1.29 is 9.53 Å². The molecule has 1 aromatic heterocycles. The molecular weight excluding hydrogens is 244 g/mol. The number of carbonyl (C=O) groups is 1. The Morgan fingerprint density at radius 3 is 2.79 bits per heavy atom. The van der Waals surface area contributed by atoms with Gasteiger partial charge in [-0.15, -0.1) is 0 Å². The van der Waals surface area contributed by atoms with Crippen LogP contribution in [0.4, 0.5) is 0 Å². The second-order valence-corrected chi connectivity index (χ2v) is 5.44. The van der Waals surface area contributed by atoms with Crippen LogP contribution in [-0.2, 0) is 11.3 Å². The Morgan fingerprint density at radius 2 is 2.05 bits per heavy atom. The lowest BCUT2D eigenvalue weighted by atomic mass is 10.0. The molecule has 0 radical (unpaired) electrons. The standard InChI is InChI=1S/C14H18N2O3/c1-8-6-15-7-11-16(9(2)4-5-19-11)14(18)12(15)10(3)13(8)17/h6,9,11H,4-5,7H2,1-3H3/t9-,11+/m1/s1. The minimum absolute atomic E-state index is 0.0383. The van der Waals surface area contributed by atoms with Gasteiger partial charge in [0.15, 0.2) is 11.7 Å². The van der Waals surface area contributed by atoms with Crippen molar-refractivity contribution in [3.05, 3.63) is 33.2 Å². The van der Waals surface area contributed by atoms with Crippen molar-refractivity contribution >= 4 is 5.91 Å². The van der Waals surface area contributed by atoms with Gasteiger partial charge in [-0.05, 0) is 27.2 Å². The average molecular weight is 262 g/mol. The molecule has 0 aromatic carbocycles. The van der Waals surface area contributed by atoms with E-state index in [0.717, 1.165) is 6.42 Å². The Hall–Kier alpha value is -1.62. The first-order valence-corrected chi connectivity index (χ1v) is 6.65. The largest absolute Gasteiger partial charge is 0.356 e. The monoisotopic (exact) mass is 262 g/mol. The van der Waals surface area contributed by atoms with Gasteiger partial charge in [0.25, 0.3) is 5.91 Å². The molecule has 0 aliphatic carbocycles. The van der Waals surface area contributed by atoms with Crippen LogP contribution >= 0.6 is 0 Å². The minimum Gasteiger partial charge on any atom is -0.356 e. The topological polar surface area (TPSA) is 51.5 Å². The number of hydrogen-bond donors (Lipinski definition) is 0. The van der Waals surface area contributed by atoms with Crippen LogP contribution in [-0.4, -0.2) is 34.3 Å². The molecule has 2 aliphatic rings. The fourth-order valence-electron chi connectivity index (χ4n) is 3.04. The van der Waals surface area contributed by atoms with Crippen LogP contribution in [0.3, 0.4) is 0 Å². The van der Waals surface area contributed by atoms with Gasteiger partial charge in [0.1, 0.15) is 5.69 Å². The van der Waals surface area contributed by atoms with E-state index in [9.17, 15) is 9.59 Å². The van der Waals surface area contributed by atoms with Crippen molar-refractivity contribution in [2.24, 2.45) is 0 Å². The van der Waals surface area contributed by atoms with Crippen molar-refractivity contribution in [1.29, 1.82) is 0 Å². The third-order valence-electron chi connectivity index (χ3n) is 4.11. The molecular formula is C14H18N2O3. The highest BCUT2D eigenvalue weighted by molar-refractivity contribution is 5.95. The highest BCUT2D eigenvalue weighted by Gasteiger charge is 2.39. The highest BCUT2D eigenvalue weighted by Crippen LogP contribution is 2.26. The Morgan fingerprint density at radius 1 is 1.32 bits per heavy atom.